The molecule has 10 nitrogen and oxygen atoms in total. The van der Waals surface area contributed by atoms with Crippen LogP contribution >= 0.6 is 0 Å². The molecule has 0 atom stereocenters. The molecule has 0 aromatic carbocycles. The van der Waals surface area contributed by atoms with E-state index in [9.17, 15) is 0 Å². The van der Waals surface area contributed by atoms with E-state index in [-0.39, 0.29) is 0 Å². The summed E-state index contributed by atoms with van der Waals surface area (Å²) in [6, 6.07) is 5.66. The Morgan fingerprint density at radius 3 is 2.79 bits per heavy atom. The summed E-state index contributed by atoms with van der Waals surface area (Å²) in [6.45, 7) is 3.62. The van der Waals surface area contributed by atoms with Gasteiger partial charge in [0.15, 0.2) is 11.6 Å². The maximum Gasteiger partial charge on any atom is 0.228 e. The third kappa shape index (κ3) is 5.44. The van der Waals surface area contributed by atoms with Gasteiger partial charge in [0.25, 0.3) is 0 Å². The number of hydrogen-bond acceptors (Lipinski definition) is 9. The lowest BCUT2D eigenvalue weighted by molar-refractivity contribution is 0.254. The Hall–Kier alpha value is -3.14. The minimum absolute atomic E-state index is 0.426. The van der Waals surface area contributed by atoms with Gasteiger partial charge in [-0.25, -0.2) is 0 Å². The number of nitrogens with zero attached hydrogens (tertiary/aromatic N) is 5. The molecule has 1 saturated carbocycles. The van der Waals surface area contributed by atoms with Crippen molar-refractivity contribution in [2.45, 2.75) is 32.2 Å². The second-order valence-electron chi connectivity index (χ2n) is 7.46. The summed E-state index contributed by atoms with van der Waals surface area (Å²) in [7, 11) is 4.00. The van der Waals surface area contributed by atoms with E-state index in [4.69, 9.17) is 9.26 Å². The lowest BCUT2D eigenvalue weighted by Crippen LogP contribution is -2.20. The maximum atomic E-state index is 5.81. The Morgan fingerprint density at radius 1 is 1.21 bits per heavy atom. The number of H-pyrrole nitrogens is 1. The van der Waals surface area contributed by atoms with Gasteiger partial charge in [-0.3, -0.25) is 5.10 Å². The van der Waals surface area contributed by atoms with Gasteiger partial charge in [-0.1, -0.05) is 5.16 Å². The first kappa shape index (κ1) is 19.2. The molecule has 0 amide bonds. The van der Waals surface area contributed by atoms with Crippen LogP contribution in [0.2, 0.25) is 0 Å². The van der Waals surface area contributed by atoms with Crippen molar-refractivity contribution in [2.24, 2.45) is 0 Å². The normalized spacial score (nSPS) is 13.7. The van der Waals surface area contributed by atoms with E-state index in [1.165, 1.54) is 12.8 Å². The molecule has 0 bridgehead atoms. The molecule has 4 rings (SSSR count). The van der Waals surface area contributed by atoms with Crippen LogP contribution in [0.3, 0.4) is 0 Å². The van der Waals surface area contributed by atoms with Crippen molar-refractivity contribution >= 4 is 17.6 Å². The molecular weight excluding hydrogens is 372 g/mol. The molecule has 0 radical (unpaired) electrons. The topological polar surface area (TPSA) is 117 Å². The Kier molecular flexibility index (Phi) is 5.61. The number of anilines is 3. The minimum atomic E-state index is 0.426. The third-order valence-electron chi connectivity index (χ3n) is 4.46. The second kappa shape index (κ2) is 8.48. The molecule has 0 spiro atoms. The third-order valence-corrected chi connectivity index (χ3v) is 4.46. The Balaban J connectivity index is 1.47. The van der Waals surface area contributed by atoms with Crippen LogP contribution in [0.15, 0.2) is 22.7 Å². The molecule has 1 fully saturated rings. The summed E-state index contributed by atoms with van der Waals surface area (Å²) in [6.07, 6.45) is 2.43. The largest absolute Gasteiger partial charge is 0.476 e. The zero-order chi connectivity index (χ0) is 20.2. The van der Waals surface area contributed by atoms with Crippen LogP contribution < -0.4 is 15.4 Å². The SMILES string of the molecule is Cc1cc(CNc2nc(Nc3cc(C4CC4)[nH]n3)cc(OCCN(C)C)n2)on1. The van der Waals surface area contributed by atoms with E-state index < -0.39 is 0 Å². The van der Waals surface area contributed by atoms with Crippen LogP contribution in [0.25, 0.3) is 0 Å². The van der Waals surface area contributed by atoms with Crippen LogP contribution in [-0.4, -0.2) is 57.5 Å². The summed E-state index contributed by atoms with van der Waals surface area (Å²) in [5.74, 6) is 3.56. The summed E-state index contributed by atoms with van der Waals surface area (Å²) in [5, 5.41) is 17.7. The van der Waals surface area contributed by atoms with E-state index in [1.807, 2.05) is 33.2 Å². The van der Waals surface area contributed by atoms with Crippen molar-refractivity contribution < 1.29 is 9.26 Å². The average molecular weight is 398 g/mol. The molecule has 3 heterocycles. The first-order valence-electron chi connectivity index (χ1n) is 9.70. The number of aryl methyl sites for hydroxylation is 1. The number of nitrogens with one attached hydrogen (secondary N) is 3. The number of hydrogen-bond donors (Lipinski definition) is 3. The van der Waals surface area contributed by atoms with E-state index in [0.717, 1.165) is 23.8 Å². The molecule has 3 aromatic rings. The summed E-state index contributed by atoms with van der Waals surface area (Å²) >= 11 is 0. The Labute approximate surface area is 169 Å². The first-order chi connectivity index (χ1) is 14.0. The van der Waals surface area contributed by atoms with Gasteiger partial charge in [-0.2, -0.15) is 15.1 Å². The van der Waals surface area contributed by atoms with Gasteiger partial charge < -0.3 is 24.8 Å². The number of ether oxygens (including phenoxy) is 1. The van der Waals surface area contributed by atoms with Gasteiger partial charge in [0, 0.05) is 36.4 Å². The van der Waals surface area contributed by atoms with Crippen LogP contribution in [0.1, 0.15) is 35.9 Å². The molecule has 3 N–H and O–H groups in total. The predicted molar refractivity (Wildman–Crippen MR) is 108 cm³/mol. The van der Waals surface area contributed by atoms with Crippen molar-refractivity contribution in [3.63, 3.8) is 0 Å². The summed E-state index contributed by atoms with van der Waals surface area (Å²) in [4.78, 5) is 11.0. The van der Waals surface area contributed by atoms with Crippen molar-refractivity contribution in [1.29, 1.82) is 0 Å². The van der Waals surface area contributed by atoms with Crippen LogP contribution in [0, 0.1) is 6.92 Å². The van der Waals surface area contributed by atoms with E-state index >= 15 is 0 Å². The lowest BCUT2D eigenvalue weighted by atomic mass is 10.3. The highest BCUT2D eigenvalue weighted by atomic mass is 16.5. The van der Waals surface area contributed by atoms with Crippen LogP contribution in [-0.2, 0) is 6.54 Å². The maximum absolute atomic E-state index is 5.81. The lowest BCUT2D eigenvalue weighted by Gasteiger charge is -2.12. The predicted octanol–water partition coefficient (Wildman–Crippen LogP) is 2.67. The zero-order valence-electron chi connectivity index (χ0n) is 16.9. The number of likely N-dealkylation sites (N-methyl/N-ethyl adjacent to an activating group) is 1. The molecule has 29 heavy (non-hydrogen) atoms. The van der Waals surface area contributed by atoms with Crippen LogP contribution in [0.4, 0.5) is 17.6 Å². The number of rotatable bonds is 10. The molecule has 10 heteroatoms. The highest BCUT2D eigenvalue weighted by Crippen LogP contribution is 2.39. The van der Waals surface area contributed by atoms with Gasteiger partial charge in [0.05, 0.1) is 12.2 Å². The number of aromatic nitrogens is 5. The summed E-state index contributed by atoms with van der Waals surface area (Å²) < 4.78 is 11.0. The van der Waals surface area contributed by atoms with Gasteiger partial charge in [0.2, 0.25) is 11.8 Å². The van der Waals surface area contributed by atoms with Crippen molar-refractivity contribution in [3.8, 4) is 5.88 Å². The quantitative estimate of drug-likeness (QED) is 0.474. The van der Waals surface area contributed by atoms with E-state index in [2.05, 4.69) is 40.9 Å². The second-order valence-corrected chi connectivity index (χ2v) is 7.46. The monoisotopic (exact) mass is 398 g/mol. The zero-order valence-corrected chi connectivity index (χ0v) is 16.9. The number of aromatic amines is 1. The minimum Gasteiger partial charge on any atom is -0.476 e. The first-order valence-corrected chi connectivity index (χ1v) is 9.70. The molecule has 154 valence electrons. The Morgan fingerprint density at radius 2 is 2.07 bits per heavy atom. The van der Waals surface area contributed by atoms with E-state index in [1.54, 1.807) is 6.07 Å². The van der Waals surface area contributed by atoms with Crippen molar-refractivity contribution in [3.05, 3.63) is 35.3 Å². The molecule has 1 aliphatic carbocycles. The molecule has 3 aromatic heterocycles. The van der Waals surface area contributed by atoms with Gasteiger partial charge in [0.1, 0.15) is 12.4 Å². The average Bonchev–Trinajstić information content (AvgIpc) is 3.29. The molecular formula is C19H26N8O2. The molecule has 0 unspecified atom stereocenters. The van der Waals surface area contributed by atoms with Gasteiger partial charge >= 0.3 is 0 Å². The van der Waals surface area contributed by atoms with Gasteiger partial charge in [-0.15, -0.1) is 0 Å². The standard InChI is InChI=1S/C19H26N8O2/c1-12-8-14(29-26-12)11-20-19-22-16(10-18(23-19)28-7-6-27(2)3)21-17-9-15(24-25-17)13-4-5-13/h8-10,13H,4-7,11H2,1-3H3,(H3,20,21,22,23,24,25). The fourth-order valence-corrected chi connectivity index (χ4v) is 2.78. The smallest absolute Gasteiger partial charge is 0.228 e. The Bertz CT molecular complexity index is 947. The highest BCUT2D eigenvalue weighted by molar-refractivity contribution is 5.55. The van der Waals surface area contributed by atoms with E-state index in [0.29, 0.717) is 42.5 Å². The van der Waals surface area contributed by atoms with Crippen molar-refractivity contribution in [2.75, 3.05) is 37.9 Å². The molecule has 0 aliphatic heterocycles. The molecule has 1 aliphatic rings. The molecule has 0 saturated heterocycles. The highest BCUT2D eigenvalue weighted by Gasteiger charge is 2.25. The van der Waals surface area contributed by atoms with Gasteiger partial charge in [-0.05, 0) is 33.9 Å². The van der Waals surface area contributed by atoms with Crippen molar-refractivity contribution in [1.82, 2.24) is 30.2 Å². The fourth-order valence-electron chi connectivity index (χ4n) is 2.78. The fraction of sp³-hybridized carbons (Fsp3) is 0.474. The van der Waals surface area contributed by atoms with Crippen LogP contribution in [0.5, 0.6) is 5.88 Å². The summed E-state index contributed by atoms with van der Waals surface area (Å²) in [5.41, 5.74) is 1.99.